The Morgan fingerprint density at radius 2 is 2.06 bits per heavy atom. The summed E-state index contributed by atoms with van der Waals surface area (Å²) in [7, 11) is 0. The van der Waals surface area contributed by atoms with E-state index in [4.69, 9.17) is 4.74 Å². The normalized spacial score (nSPS) is 29.1. The molecule has 1 saturated heterocycles. The molecule has 0 bridgehead atoms. The second-order valence-corrected chi connectivity index (χ2v) is 6.28. The third kappa shape index (κ3) is 4.06. The molecular weight excluding hydrogens is 198 g/mol. The minimum absolute atomic E-state index is 0.266. The maximum Gasteiger partial charge on any atom is 0.0663 e. The lowest BCUT2D eigenvalue weighted by atomic mass is 9.78. The molecule has 0 radical (unpaired) electrons. The molecule has 0 aromatic carbocycles. The van der Waals surface area contributed by atoms with Crippen molar-refractivity contribution in [1.29, 1.82) is 0 Å². The standard InChI is InChI=1S/C14H29NO/c1-6-11(2)15-10-12-8-7-9-16-13(12)14(3,4)5/h11-13,15H,6-10H2,1-5H3. The zero-order valence-corrected chi connectivity index (χ0v) is 11.7. The van der Waals surface area contributed by atoms with Gasteiger partial charge >= 0.3 is 0 Å². The van der Waals surface area contributed by atoms with Crippen LogP contribution in [0.5, 0.6) is 0 Å². The lowest BCUT2D eigenvalue weighted by Crippen LogP contribution is -2.45. The van der Waals surface area contributed by atoms with Crippen LogP contribution < -0.4 is 5.32 Å². The summed E-state index contributed by atoms with van der Waals surface area (Å²) >= 11 is 0. The summed E-state index contributed by atoms with van der Waals surface area (Å²) in [5, 5.41) is 3.62. The molecule has 1 aliphatic heterocycles. The van der Waals surface area contributed by atoms with E-state index >= 15 is 0 Å². The summed E-state index contributed by atoms with van der Waals surface area (Å²) in [6.07, 6.45) is 4.15. The van der Waals surface area contributed by atoms with Crippen molar-refractivity contribution in [3.8, 4) is 0 Å². The summed E-state index contributed by atoms with van der Waals surface area (Å²) in [6, 6.07) is 0.627. The number of ether oxygens (including phenoxy) is 1. The number of hydrogen-bond donors (Lipinski definition) is 1. The lowest BCUT2D eigenvalue weighted by Gasteiger charge is -2.40. The highest BCUT2D eigenvalue weighted by molar-refractivity contribution is 4.85. The molecule has 16 heavy (non-hydrogen) atoms. The van der Waals surface area contributed by atoms with Crippen molar-refractivity contribution in [2.45, 2.75) is 66.0 Å². The average Bonchev–Trinajstić information content (AvgIpc) is 2.25. The molecule has 96 valence electrons. The van der Waals surface area contributed by atoms with Crippen LogP contribution >= 0.6 is 0 Å². The number of rotatable bonds is 4. The largest absolute Gasteiger partial charge is 0.377 e. The molecule has 3 unspecified atom stereocenters. The van der Waals surface area contributed by atoms with Crippen molar-refractivity contribution in [2.24, 2.45) is 11.3 Å². The molecule has 1 N–H and O–H groups in total. The molecule has 1 fully saturated rings. The maximum atomic E-state index is 5.98. The van der Waals surface area contributed by atoms with Gasteiger partial charge in [0, 0.05) is 19.2 Å². The van der Waals surface area contributed by atoms with E-state index in [0.29, 0.717) is 18.1 Å². The van der Waals surface area contributed by atoms with Crippen molar-refractivity contribution in [2.75, 3.05) is 13.2 Å². The second-order valence-electron chi connectivity index (χ2n) is 6.28. The van der Waals surface area contributed by atoms with Gasteiger partial charge in [-0.2, -0.15) is 0 Å². The topological polar surface area (TPSA) is 21.3 Å². The van der Waals surface area contributed by atoms with Gasteiger partial charge in [0.05, 0.1) is 6.10 Å². The van der Waals surface area contributed by atoms with E-state index in [0.717, 1.165) is 13.2 Å². The van der Waals surface area contributed by atoms with Crippen LogP contribution in [0.15, 0.2) is 0 Å². The zero-order chi connectivity index (χ0) is 12.2. The molecule has 0 aliphatic carbocycles. The Morgan fingerprint density at radius 3 is 2.62 bits per heavy atom. The summed E-state index contributed by atoms with van der Waals surface area (Å²) in [4.78, 5) is 0. The van der Waals surface area contributed by atoms with Crippen molar-refractivity contribution < 1.29 is 4.74 Å². The van der Waals surface area contributed by atoms with Gasteiger partial charge in [-0.1, -0.05) is 27.7 Å². The second kappa shape index (κ2) is 6.02. The Kier molecular flexibility index (Phi) is 5.26. The van der Waals surface area contributed by atoms with Gasteiger partial charge in [0.25, 0.3) is 0 Å². The van der Waals surface area contributed by atoms with Crippen molar-refractivity contribution in [1.82, 2.24) is 5.32 Å². The molecule has 0 spiro atoms. The minimum Gasteiger partial charge on any atom is -0.377 e. The van der Waals surface area contributed by atoms with Gasteiger partial charge in [-0.3, -0.25) is 0 Å². The quantitative estimate of drug-likeness (QED) is 0.796. The molecule has 2 heteroatoms. The first kappa shape index (κ1) is 14.0. The number of nitrogens with one attached hydrogen (secondary N) is 1. The first-order chi connectivity index (χ1) is 7.45. The predicted octanol–water partition coefficient (Wildman–Crippen LogP) is 3.22. The van der Waals surface area contributed by atoms with E-state index in [1.165, 1.54) is 19.3 Å². The Bertz CT molecular complexity index is 197. The zero-order valence-electron chi connectivity index (χ0n) is 11.7. The highest BCUT2D eigenvalue weighted by Crippen LogP contribution is 2.33. The highest BCUT2D eigenvalue weighted by Gasteiger charge is 2.35. The smallest absolute Gasteiger partial charge is 0.0663 e. The van der Waals surface area contributed by atoms with E-state index in [1.54, 1.807) is 0 Å². The van der Waals surface area contributed by atoms with Crippen LogP contribution in [0.1, 0.15) is 53.9 Å². The molecule has 0 aromatic heterocycles. The Hall–Kier alpha value is -0.0800. The molecule has 1 heterocycles. The molecule has 0 saturated carbocycles. The van der Waals surface area contributed by atoms with E-state index in [2.05, 4.69) is 39.9 Å². The van der Waals surface area contributed by atoms with Crippen LogP contribution in [0.2, 0.25) is 0 Å². The third-order valence-electron chi connectivity index (χ3n) is 3.64. The van der Waals surface area contributed by atoms with Gasteiger partial charge in [0.2, 0.25) is 0 Å². The highest BCUT2D eigenvalue weighted by atomic mass is 16.5. The van der Waals surface area contributed by atoms with Gasteiger partial charge in [0.15, 0.2) is 0 Å². The fraction of sp³-hybridized carbons (Fsp3) is 1.00. The summed E-state index contributed by atoms with van der Waals surface area (Å²) in [5.74, 6) is 0.683. The third-order valence-corrected chi connectivity index (χ3v) is 3.64. The van der Waals surface area contributed by atoms with Gasteiger partial charge in [0.1, 0.15) is 0 Å². The van der Waals surface area contributed by atoms with Gasteiger partial charge in [-0.25, -0.2) is 0 Å². The van der Waals surface area contributed by atoms with Crippen LogP contribution in [0.3, 0.4) is 0 Å². The van der Waals surface area contributed by atoms with Gasteiger partial charge < -0.3 is 10.1 Å². The number of hydrogen-bond acceptors (Lipinski definition) is 2. The fourth-order valence-electron chi connectivity index (χ4n) is 2.51. The Balaban J connectivity index is 2.47. The van der Waals surface area contributed by atoms with Crippen molar-refractivity contribution in [3.05, 3.63) is 0 Å². The Morgan fingerprint density at radius 1 is 1.38 bits per heavy atom. The van der Waals surface area contributed by atoms with Crippen LogP contribution in [-0.2, 0) is 4.74 Å². The van der Waals surface area contributed by atoms with E-state index in [9.17, 15) is 0 Å². The van der Waals surface area contributed by atoms with E-state index in [-0.39, 0.29) is 5.41 Å². The fourth-order valence-corrected chi connectivity index (χ4v) is 2.51. The molecule has 1 rings (SSSR count). The first-order valence-electron chi connectivity index (χ1n) is 6.80. The summed E-state index contributed by atoms with van der Waals surface area (Å²) < 4.78 is 5.98. The summed E-state index contributed by atoms with van der Waals surface area (Å²) in [6.45, 7) is 13.4. The molecule has 0 amide bonds. The Labute approximate surface area is 101 Å². The molecule has 1 aliphatic rings. The lowest BCUT2D eigenvalue weighted by molar-refractivity contribution is -0.0848. The van der Waals surface area contributed by atoms with E-state index < -0.39 is 0 Å². The van der Waals surface area contributed by atoms with Crippen LogP contribution in [0.25, 0.3) is 0 Å². The SMILES string of the molecule is CCC(C)NCC1CCCOC1C(C)(C)C. The monoisotopic (exact) mass is 227 g/mol. The van der Waals surface area contributed by atoms with Crippen LogP contribution in [-0.4, -0.2) is 25.3 Å². The van der Waals surface area contributed by atoms with Gasteiger partial charge in [-0.15, -0.1) is 0 Å². The molecule has 2 nitrogen and oxygen atoms in total. The molecule has 0 aromatic rings. The average molecular weight is 227 g/mol. The summed E-state index contributed by atoms with van der Waals surface area (Å²) in [5.41, 5.74) is 0.266. The van der Waals surface area contributed by atoms with Crippen molar-refractivity contribution >= 4 is 0 Å². The van der Waals surface area contributed by atoms with E-state index in [1.807, 2.05) is 0 Å². The predicted molar refractivity (Wildman–Crippen MR) is 69.7 cm³/mol. The van der Waals surface area contributed by atoms with Gasteiger partial charge in [-0.05, 0) is 37.5 Å². The van der Waals surface area contributed by atoms with Crippen LogP contribution in [0.4, 0.5) is 0 Å². The van der Waals surface area contributed by atoms with Crippen molar-refractivity contribution in [3.63, 3.8) is 0 Å². The first-order valence-corrected chi connectivity index (χ1v) is 6.80. The van der Waals surface area contributed by atoms with Crippen LogP contribution in [0, 0.1) is 11.3 Å². The molecule has 3 atom stereocenters. The minimum atomic E-state index is 0.266. The molecular formula is C14H29NO. The maximum absolute atomic E-state index is 5.98.